The van der Waals surface area contributed by atoms with E-state index in [0.29, 0.717) is 0 Å². The molecule has 0 aromatic rings. The van der Waals surface area contributed by atoms with Gasteiger partial charge >= 0.3 is 31.9 Å². The summed E-state index contributed by atoms with van der Waals surface area (Å²) in [4.78, 5) is 0. The van der Waals surface area contributed by atoms with Crippen molar-refractivity contribution in [3.63, 3.8) is 0 Å². The van der Waals surface area contributed by atoms with Crippen molar-refractivity contribution in [2.24, 2.45) is 0 Å². The molecule has 0 N–H and O–H groups in total. The summed E-state index contributed by atoms with van der Waals surface area (Å²) in [5.74, 6) is 0. The monoisotopic (exact) mass is 406 g/mol. The van der Waals surface area contributed by atoms with Crippen molar-refractivity contribution in [2.45, 2.75) is 0 Å². The molecule has 0 aliphatic heterocycles. The van der Waals surface area contributed by atoms with E-state index in [9.17, 15) is 0 Å². The van der Waals surface area contributed by atoms with Crippen LogP contribution in [-0.4, -0.2) is 7.16 Å². The fourth-order valence-corrected chi connectivity index (χ4v) is 0. The van der Waals surface area contributed by atoms with Gasteiger partial charge in [0, 0.05) is 25.8 Å². The smallest absolute Gasteiger partial charge is 0 e. The van der Waals surface area contributed by atoms with E-state index in [1.165, 1.54) is 0 Å². The summed E-state index contributed by atoms with van der Waals surface area (Å²) in [5, 5.41) is 0. The molecular formula is HHfOSiTa. The van der Waals surface area contributed by atoms with Crippen molar-refractivity contribution in [3.8, 4) is 0 Å². The first-order chi connectivity index (χ1) is 1.41. The molecular weight excluding hydrogens is 404 g/mol. The Morgan fingerprint density at radius 2 is 1.75 bits per heavy atom. The second-order valence-electron chi connectivity index (χ2n) is 0.105. The molecule has 0 heterocycles. The number of hydrogen-bond acceptors (Lipinski definition) is 1. The summed E-state index contributed by atoms with van der Waals surface area (Å²) in [6.45, 7) is 0. The topological polar surface area (TPSA) is 17.1 Å². The fourth-order valence-electron chi connectivity index (χ4n) is 0. The summed E-state index contributed by atoms with van der Waals surface area (Å²) >= 11 is 1.05. The second kappa shape index (κ2) is 8.82. The van der Waals surface area contributed by atoms with E-state index in [2.05, 4.69) is 0 Å². The van der Waals surface area contributed by atoms with Crippen LogP contribution in [0.15, 0.2) is 0 Å². The van der Waals surface area contributed by atoms with Crippen LogP contribution in [0.2, 0.25) is 0 Å². The summed E-state index contributed by atoms with van der Waals surface area (Å²) in [5.41, 5.74) is 0. The van der Waals surface area contributed by atoms with Gasteiger partial charge in [-0.25, -0.2) is 0 Å². The minimum atomic E-state index is -0.389. The molecule has 0 radical (unpaired) electrons. The van der Waals surface area contributed by atoms with Crippen molar-refractivity contribution in [1.29, 1.82) is 0 Å². The molecule has 0 saturated carbocycles. The molecule has 0 fully saturated rings. The zero-order valence-corrected chi connectivity index (χ0v) is 9.89. The van der Waals surface area contributed by atoms with Gasteiger partial charge in [-0.05, 0) is 0 Å². The fraction of sp³-hybridized carbons (Fsp3) is 0. The maximum atomic E-state index is 9.06. The normalized spacial score (nSPS) is 3.00. The Bertz CT molecular complexity index is 15.5. The molecule has 0 saturated heterocycles. The summed E-state index contributed by atoms with van der Waals surface area (Å²) in [7, 11) is -0.389. The molecule has 0 rings (SSSR count). The Kier molecular flexibility index (Phi) is 20.2. The SMILES string of the molecule is O=[SiH][Ta].[Hf]. The minimum Gasteiger partial charge on any atom is 0 e. The van der Waals surface area contributed by atoms with Gasteiger partial charge in [0.05, 0.1) is 0 Å². The van der Waals surface area contributed by atoms with E-state index >= 15 is 0 Å². The maximum absolute atomic E-state index is 9.06. The van der Waals surface area contributed by atoms with E-state index in [1.807, 2.05) is 0 Å². The first-order valence-corrected chi connectivity index (χ1v) is 7.05. The van der Waals surface area contributed by atoms with Gasteiger partial charge in [-0.1, -0.05) is 0 Å². The molecule has 0 aromatic heterocycles. The van der Waals surface area contributed by atoms with Crippen LogP contribution >= 0.6 is 0 Å². The Morgan fingerprint density at radius 1 is 1.75 bits per heavy atom. The van der Waals surface area contributed by atoms with Gasteiger partial charge in [0.1, 0.15) is 0 Å². The van der Waals surface area contributed by atoms with E-state index in [1.54, 1.807) is 0 Å². The van der Waals surface area contributed by atoms with E-state index in [4.69, 9.17) is 4.46 Å². The predicted molar refractivity (Wildman–Crippen MR) is 7.84 cm³/mol. The average Bonchev–Trinajstić information content (AvgIpc) is 0.918. The average molecular weight is 405 g/mol. The maximum Gasteiger partial charge on any atom is 0 e. The Labute approximate surface area is 57.3 Å². The summed E-state index contributed by atoms with van der Waals surface area (Å²) in [6.07, 6.45) is 0. The third kappa shape index (κ3) is 9.46. The Balaban J connectivity index is 0. The third-order valence-corrected chi connectivity index (χ3v) is 0. The van der Waals surface area contributed by atoms with Crippen LogP contribution in [-0.2, 0) is 50.6 Å². The van der Waals surface area contributed by atoms with Gasteiger partial charge in [-0.15, -0.1) is 0 Å². The quantitative estimate of drug-likeness (QED) is 0.485. The van der Waals surface area contributed by atoms with Crippen LogP contribution in [0.4, 0.5) is 0 Å². The van der Waals surface area contributed by atoms with Crippen LogP contribution in [0, 0.1) is 0 Å². The molecule has 0 bridgehead atoms. The van der Waals surface area contributed by atoms with E-state index < -0.39 is 0 Å². The van der Waals surface area contributed by atoms with Gasteiger partial charge in [-0.2, -0.15) is 0 Å². The van der Waals surface area contributed by atoms with Gasteiger partial charge in [0.15, 0.2) is 0 Å². The number of rotatable bonds is 0. The largest absolute Gasteiger partial charge is 0 e. The molecule has 0 spiro atoms. The second-order valence-corrected chi connectivity index (χ2v) is 2.59. The molecule has 20 valence electrons. The first kappa shape index (κ1) is 9.16. The van der Waals surface area contributed by atoms with Gasteiger partial charge in [-0.3, -0.25) is 0 Å². The molecule has 1 nitrogen and oxygen atoms in total. The minimum absolute atomic E-state index is 0. The molecule has 4 heteroatoms. The Morgan fingerprint density at radius 3 is 1.75 bits per heavy atom. The van der Waals surface area contributed by atoms with Crippen molar-refractivity contribution < 1.29 is 50.6 Å². The predicted octanol–water partition coefficient (Wildman–Crippen LogP) is -0.772. The Hall–Kier alpha value is 1.63. The van der Waals surface area contributed by atoms with Gasteiger partial charge in [0.2, 0.25) is 0 Å². The van der Waals surface area contributed by atoms with E-state index in [-0.39, 0.29) is 33.0 Å². The van der Waals surface area contributed by atoms with Crippen molar-refractivity contribution in [2.75, 3.05) is 0 Å². The van der Waals surface area contributed by atoms with E-state index in [0.717, 1.165) is 20.3 Å². The molecule has 0 aliphatic carbocycles. The molecule has 0 atom stereocenters. The van der Waals surface area contributed by atoms with Crippen LogP contribution in [0.25, 0.3) is 0 Å². The van der Waals surface area contributed by atoms with Gasteiger partial charge < -0.3 is 0 Å². The molecule has 0 unspecified atom stereocenters. The molecule has 0 amide bonds. The first-order valence-electron chi connectivity index (χ1n) is 0.494. The van der Waals surface area contributed by atoms with Crippen LogP contribution in [0.5, 0.6) is 0 Å². The molecule has 4 heavy (non-hydrogen) atoms. The summed E-state index contributed by atoms with van der Waals surface area (Å²) in [6, 6.07) is 0. The number of hydrogen-bond donors (Lipinski definition) is 0. The van der Waals surface area contributed by atoms with Crippen LogP contribution < -0.4 is 0 Å². The van der Waals surface area contributed by atoms with Crippen molar-refractivity contribution in [1.82, 2.24) is 0 Å². The zero-order chi connectivity index (χ0) is 2.71. The standard InChI is InChI=1S/Hf.HOSi.Ta/c;1-2;/h;2H;. The third-order valence-electron chi connectivity index (χ3n) is 0. The van der Waals surface area contributed by atoms with Crippen molar-refractivity contribution in [3.05, 3.63) is 0 Å². The van der Waals surface area contributed by atoms with Crippen LogP contribution in [0.3, 0.4) is 0 Å². The summed E-state index contributed by atoms with van der Waals surface area (Å²) < 4.78 is 9.06. The molecule has 0 aromatic carbocycles. The molecule has 0 aliphatic rings. The van der Waals surface area contributed by atoms with Gasteiger partial charge in [0.25, 0.3) is 0 Å². The zero-order valence-electron chi connectivity index (χ0n) is 1.93. The van der Waals surface area contributed by atoms with Crippen molar-refractivity contribution >= 4 is 7.16 Å². The van der Waals surface area contributed by atoms with Crippen LogP contribution in [0.1, 0.15) is 0 Å².